The summed E-state index contributed by atoms with van der Waals surface area (Å²) in [6, 6.07) is 21.4. The van der Waals surface area contributed by atoms with Crippen LogP contribution in [0.3, 0.4) is 0 Å². The van der Waals surface area contributed by atoms with Gasteiger partial charge >= 0.3 is 0 Å². The molecule has 0 amide bonds. The molecule has 3 heterocycles. The van der Waals surface area contributed by atoms with Crippen molar-refractivity contribution in [3.8, 4) is 11.1 Å². The topological polar surface area (TPSA) is 38.4 Å². The zero-order chi connectivity index (χ0) is 47.5. The van der Waals surface area contributed by atoms with Crippen molar-refractivity contribution in [1.82, 2.24) is 9.47 Å². The van der Waals surface area contributed by atoms with Crippen LogP contribution < -0.4 is 5.43 Å². The van der Waals surface area contributed by atoms with Crippen molar-refractivity contribution in [2.75, 3.05) is 0 Å². The number of benzene rings is 3. The molecule has 362 valence electrons. The second kappa shape index (κ2) is 25.3. The number of allylic oxidation sites excluding steroid dienone is 13. The molecule has 3 unspecified atom stereocenters. The van der Waals surface area contributed by atoms with Gasteiger partial charge in [0, 0.05) is 33.8 Å². The third kappa shape index (κ3) is 10.8. The number of hydrogen-bond acceptors (Lipinski definition) is 3. The minimum Gasteiger partial charge on any atom is -0.456 e. The normalized spacial score (nSPS) is 19.5. The van der Waals surface area contributed by atoms with Crippen LogP contribution in [0, 0.1) is 11.8 Å². The van der Waals surface area contributed by atoms with Gasteiger partial charge in [-0.2, -0.15) is 0 Å². The summed E-state index contributed by atoms with van der Waals surface area (Å²) in [6.45, 7) is 18.6. The van der Waals surface area contributed by atoms with E-state index in [0.29, 0.717) is 28.2 Å². The summed E-state index contributed by atoms with van der Waals surface area (Å²) >= 11 is 0. The van der Waals surface area contributed by atoms with Crippen molar-refractivity contribution in [1.29, 1.82) is 0 Å². The lowest BCUT2D eigenvalue weighted by atomic mass is 9.82. The number of para-hydroxylation sites is 1. The Labute approximate surface area is 415 Å². The Balaban J connectivity index is 0.000000761. The summed E-state index contributed by atoms with van der Waals surface area (Å²) < 4.78 is 9.09. The Morgan fingerprint density at radius 3 is 2.17 bits per heavy atom. The maximum absolute atomic E-state index is 14.7. The van der Waals surface area contributed by atoms with Crippen molar-refractivity contribution >= 4 is 50.6 Å². The molecule has 0 saturated carbocycles. The van der Waals surface area contributed by atoms with Gasteiger partial charge in [-0.3, -0.25) is 4.79 Å². The first kappa shape index (κ1) is 53.6. The quantitative estimate of drug-likeness (QED) is 0.169. The van der Waals surface area contributed by atoms with Crippen molar-refractivity contribution in [2.24, 2.45) is 11.8 Å². The Morgan fingerprint density at radius 2 is 1.42 bits per heavy atom. The van der Waals surface area contributed by atoms with E-state index in [4.69, 9.17) is 4.42 Å². The smallest absolute Gasteiger partial charge is 0.201 e. The molecule has 3 atom stereocenters. The van der Waals surface area contributed by atoms with Crippen LogP contribution in [-0.4, -0.2) is 15.5 Å². The molecule has 4 heteroatoms. The molecule has 0 bridgehead atoms. The van der Waals surface area contributed by atoms with Crippen LogP contribution in [0.2, 0.25) is 0 Å². The van der Waals surface area contributed by atoms with Crippen LogP contribution in [0.25, 0.3) is 61.8 Å². The summed E-state index contributed by atoms with van der Waals surface area (Å²) in [5.74, 6) is 1.42. The van der Waals surface area contributed by atoms with E-state index >= 15 is 0 Å². The summed E-state index contributed by atoms with van der Waals surface area (Å²) in [7, 11) is 0. The Hall–Kier alpha value is -6.35. The van der Waals surface area contributed by atoms with Gasteiger partial charge in [0.05, 0.1) is 28.0 Å². The number of hydrogen-bond donors (Lipinski definition) is 0. The van der Waals surface area contributed by atoms with E-state index in [1.807, 2.05) is 78.0 Å². The van der Waals surface area contributed by atoms with Gasteiger partial charge in [-0.25, -0.2) is 0 Å². The van der Waals surface area contributed by atoms with Crippen molar-refractivity contribution in [3.05, 3.63) is 189 Å². The van der Waals surface area contributed by atoms with Crippen LogP contribution in [0.1, 0.15) is 146 Å². The van der Waals surface area contributed by atoms with Crippen LogP contribution in [0.4, 0.5) is 0 Å². The fourth-order valence-electron chi connectivity index (χ4n) is 10.1. The standard InChI is InChI=1S/C54H46N2O2.C3H8.3C2H6.2CH4/c1-35-15-12-25-48-44(31-35)46-32-37(27-29-50(46)56(48)40-19-8-4-5-9-20-40)36-16-13-23-43-52(34-36)58-51-26-14-22-41(53(51)54(43)57)38-28-30-49-45(33-38)42-21-10-11-24-47(42)55(49)39-17-6-2-3-7-18-39;1-3-2;3*1-2;;/h6,8,10-12,14,16-30,32-35,46,50H,2-5,7,9,15,31H2,1H3;3H2,1-2H3;3*1-2H3;2*1H4. The molecular weight excluding hydrogens is 841 g/mol. The van der Waals surface area contributed by atoms with E-state index in [2.05, 4.69) is 145 Å². The number of rotatable bonds is 4. The zero-order valence-corrected chi connectivity index (χ0v) is 41.7. The molecule has 5 aliphatic carbocycles. The molecule has 3 aromatic carbocycles. The molecule has 0 spiro atoms. The predicted octanol–water partition coefficient (Wildman–Crippen LogP) is 19.1. The first-order valence-corrected chi connectivity index (χ1v) is 25.6. The van der Waals surface area contributed by atoms with Crippen LogP contribution in [-0.2, 0) is 0 Å². The molecule has 0 N–H and O–H groups in total. The van der Waals surface area contributed by atoms with Crippen LogP contribution in [0.15, 0.2) is 177 Å². The van der Waals surface area contributed by atoms with Gasteiger partial charge in [-0.1, -0.05) is 169 Å². The van der Waals surface area contributed by atoms with E-state index in [9.17, 15) is 4.79 Å². The average Bonchev–Trinajstić information content (AvgIpc) is 3.67. The minimum absolute atomic E-state index is 0. The summed E-state index contributed by atoms with van der Waals surface area (Å²) in [6.07, 6.45) is 41.9. The van der Waals surface area contributed by atoms with E-state index in [0.717, 1.165) is 66.3 Å². The second-order valence-electron chi connectivity index (χ2n) is 17.4. The van der Waals surface area contributed by atoms with Gasteiger partial charge in [0.2, 0.25) is 5.43 Å². The molecule has 5 aromatic rings. The highest BCUT2D eigenvalue weighted by Gasteiger charge is 2.41. The highest BCUT2D eigenvalue weighted by atomic mass is 16.3. The molecular formula is C65H80N2O2. The Bertz CT molecular complexity index is 3010. The van der Waals surface area contributed by atoms with Crippen molar-refractivity contribution < 1.29 is 4.42 Å². The zero-order valence-electron chi connectivity index (χ0n) is 41.7. The van der Waals surface area contributed by atoms with Crippen LogP contribution >= 0.6 is 0 Å². The lowest BCUT2D eigenvalue weighted by Gasteiger charge is -2.32. The molecule has 0 saturated heterocycles. The van der Waals surface area contributed by atoms with Crippen LogP contribution in [0.5, 0.6) is 0 Å². The maximum Gasteiger partial charge on any atom is 0.201 e. The van der Waals surface area contributed by atoms with Gasteiger partial charge < -0.3 is 13.9 Å². The van der Waals surface area contributed by atoms with Gasteiger partial charge in [-0.05, 0) is 146 Å². The lowest BCUT2D eigenvalue weighted by Crippen LogP contribution is -2.32. The fourth-order valence-corrected chi connectivity index (χ4v) is 10.1. The summed E-state index contributed by atoms with van der Waals surface area (Å²) in [4.78, 5) is 17.2. The van der Waals surface area contributed by atoms with E-state index in [1.54, 1.807) is 0 Å². The Morgan fingerprint density at radius 1 is 0.725 bits per heavy atom. The molecule has 69 heavy (non-hydrogen) atoms. The predicted molar refractivity (Wildman–Crippen MR) is 304 cm³/mol. The maximum atomic E-state index is 14.7. The third-order valence-corrected chi connectivity index (χ3v) is 12.9. The van der Waals surface area contributed by atoms with Gasteiger partial charge in [0.25, 0.3) is 0 Å². The molecule has 6 aliphatic rings. The molecule has 4 nitrogen and oxygen atoms in total. The molecule has 0 fully saturated rings. The van der Waals surface area contributed by atoms with Gasteiger partial charge in [-0.15, -0.1) is 5.73 Å². The Kier molecular flexibility index (Phi) is 19.7. The SMILES string of the molecule is C.C.CC.CC.CC.CC1CC=CC2=C(C1)C1C=C(C3=Cc4oc5cccc(-c6ccc7c(c6)c6ccccc6n7C6=CCCCC=C6)c5c(=O)c4C=C=C3)C=CC1N2C1=CCCCC=C1.CCC. The van der Waals surface area contributed by atoms with Crippen molar-refractivity contribution in [3.63, 3.8) is 0 Å². The molecule has 11 rings (SSSR count). The molecule has 2 aromatic heterocycles. The van der Waals surface area contributed by atoms with Gasteiger partial charge in [0.15, 0.2) is 0 Å². The first-order valence-electron chi connectivity index (χ1n) is 25.6. The van der Waals surface area contributed by atoms with E-state index in [-0.39, 0.29) is 32.2 Å². The fraction of sp³-hybridized carbons (Fsp3) is 0.354. The number of aromatic nitrogens is 1. The molecule has 1 aliphatic heterocycles. The van der Waals surface area contributed by atoms with E-state index in [1.165, 1.54) is 58.2 Å². The molecule has 0 radical (unpaired) electrons. The largest absolute Gasteiger partial charge is 0.456 e. The number of nitrogens with zero attached hydrogens (tertiary/aromatic N) is 2. The third-order valence-electron chi connectivity index (χ3n) is 12.9. The van der Waals surface area contributed by atoms with Gasteiger partial charge in [0.1, 0.15) is 11.3 Å². The highest BCUT2D eigenvalue weighted by Crippen LogP contribution is 2.47. The van der Waals surface area contributed by atoms with Crippen molar-refractivity contribution in [2.45, 2.75) is 141 Å². The minimum atomic E-state index is -0.0417. The monoisotopic (exact) mass is 921 g/mol. The highest BCUT2D eigenvalue weighted by molar-refractivity contribution is 6.12. The summed E-state index contributed by atoms with van der Waals surface area (Å²) in [5.41, 5.74) is 16.2. The lowest BCUT2D eigenvalue weighted by molar-refractivity contribution is 0.376. The number of fused-ring (bicyclic) bond motifs is 7. The second-order valence-corrected chi connectivity index (χ2v) is 17.4. The average molecular weight is 921 g/mol. The summed E-state index contributed by atoms with van der Waals surface area (Å²) in [5, 5.41) is 2.96. The first-order chi connectivity index (χ1) is 33.0. The van der Waals surface area contributed by atoms with E-state index < -0.39 is 0 Å².